The normalized spacial score (nSPS) is 11.6. The molecule has 0 fully saturated rings. The lowest BCUT2D eigenvalue weighted by molar-refractivity contribution is -0.140. The monoisotopic (exact) mass is 174 g/mol. The number of alkyl halides is 3. The van der Waals surface area contributed by atoms with Crippen LogP contribution in [0.4, 0.5) is 19.0 Å². The molecule has 0 aliphatic carbocycles. The van der Waals surface area contributed by atoms with Crippen molar-refractivity contribution >= 4 is 19.1 Å². The highest BCUT2D eigenvalue weighted by Crippen LogP contribution is 2.26. The second-order valence-corrected chi connectivity index (χ2v) is 2.40. The topological polar surface area (TPSA) is 38.9 Å². The molecule has 0 unspecified atom stereocenters. The maximum atomic E-state index is 12.1. The molecule has 6 heteroatoms. The van der Waals surface area contributed by atoms with Gasteiger partial charge in [-0.1, -0.05) is 11.5 Å². The van der Waals surface area contributed by atoms with Crippen LogP contribution < -0.4 is 11.2 Å². The zero-order valence-electron chi connectivity index (χ0n) is 6.31. The van der Waals surface area contributed by atoms with Gasteiger partial charge < -0.3 is 5.73 Å². The summed E-state index contributed by atoms with van der Waals surface area (Å²) in [5.74, 6) is -0.118. The standard InChI is InChI=1S/C6H6BF3N2/c7-3-1-2-4(11)12-5(3)6(8,9)10/h1-2H,7H2,(H2,11,12). The van der Waals surface area contributed by atoms with E-state index in [1.54, 1.807) is 0 Å². The van der Waals surface area contributed by atoms with Crippen LogP contribution in [-0.2, 0) is 6.18 Å². The Morgan fingerprint density at radius 1 is 1.33 bits per heavy atom. The van der Waals surface area contributed by atoms with Crippen LogP contribution in [0.5, 0.6) is 0 Å². The van der Waals surface area contributed by atoms with Crippen molar-refractivity contribution in [1.29, 1.82) is 0 Å². The Balaban J connectivity index is 3.23. The number of anilines is 1. The largest absolute Gasteiger partial charge is 0.432 e. The van der Waals surface area contributed by atoms with Crippen LogP contribution in [0, 0.1) is 0 Å². The summed E-state index contributed by atoms with van der Waals surface area (Å²) in [7, 11) is 1.34. The van der Waals surface area contributed by atoms with Gasteiger partial charge in [-0.05, 0) is 6.07 Å². The number of hydrogen-bond donors (Lipinski definition) is 1. The third-order valence-corrected chi connectivity index (χ3v) is 1.39. The predicted molar refractivity (Wildman–Crippen MR) is 41.8 cm³/mol. The lowest BCUT2D eigenvalue weighted by Crippen LogP contribution is -2.22. The maximum absolute atomic E-state index is 12.1. The van der Waals surface area contributed by atoms with Gasteiger partial charge >= 0.3 is 6.18 Å². The second kappa shape index (κ2) is 2.69. The fourth-order valence-corrected chi connectivity index (χ4v) is 0.831. The van der Waals surface area contributed by atoms with E-state index in [1.807, 2.05) is 0 Å². The smallest absolute Gasteiger partial charge is 0.384 e. The van der Waals surface area contributed by atoms with E-state index in [0.29, 0.717) is 0 Å². The van der Waals surface area contributed by atoms with Gasteiger partial charge in [0, 0.05) is 0 Å². The average Bonchev–Trinajstić information content (AvgIpc) is 1.92. The number of pyridine rings is 1. The van der Waals surface area contributed by atoms with E-state index in [-0.39, 0.29) is 11.3 Å². The minimum atomic E-state index is -4.42. The van der Waals surface area contributed by atoms with Gasteiger partial charge in [-0.25, -0.2) is 4.98 Å². The molecule has 1 rings (SSSR count). The summed E-state index contributed by atoms with van der Waals surface area (Å²) in [5, 5.41) is 0. The Hall–Kier alpha value is -1.20. The number of hydrogen-bond acceptors (Lipinski definition) is 2. The van der Waals surface area contributed by atoms with Crippen LogP contribution in [0.3, 0.4) is 0 Å². The minimum Gasteiger partial charge on any atom is -0.384 e. The zero-order valence-corrected chi connectivity index (χ0v) is 6.31. The Morgan fingerprint density at radius 3 is 2.33 bits per heavy atom. The first-order valence-corrected chi connectivity index (χ1v) is 3.21. The molecule has 64 valence electrons. The number of nitrogen functional groups attached to an aromatic ring is 1. The molecule has 12 heavy (non-hydrogen) atoms. The molecule has 0 amide bonds. The van der Waals surface area contributed by atoms with E-state index in [2.05, 4.69) is 4.98 Å². The molecule has 2 nitrogen and oxygen atoms in total. The molecular weight excluding hydrogens is 168 g/mol. The van der Waals surface area contributed by atoms with E-state index < -0.39 is 11.9 Å². The van der Waals surface area contributed by atoms with Crippen molar-refractivity contribution in [1.82, 2.24) is 4.98 Å². The van der Waals surface area contributed by atoms with Gasteiger partial charge in [0.2, 0.25) is 0 Å². The molecule has 0 bridgehead atoms. The van der Waals surface area contributed by atoms with Gasteiger partial charge in [-0.2, -0.15) is 13.2 Å². The first kappa shape index (κ1) is 8.90. The lowest BCUT2D eigenvalue weighted by Gasteiger charge is -2.08. The van der Waals surface area contributed by atoms with Crippen molar-refractivity contribution in [2.24, 2.45) is 0 Å². The van der Waals surface area contributed by atoms with Crippen LogP contribution >= 0.6 is 0 Å². The van der Waals surface area contributed by atoms with Gasteiger partial charge in [0.25, 0.3) is 0 Å². The molecule has 0 atom stereocenters. The van der Waals surface area contributed by atoms with E-state index >= 15 is 0 Å². The highest BCUT2D eigenvalue weighted by Gasteiger charge is 2.34. The lowest BCUT2D eigenvalue weighted by atomic mass is 9.94. The molecule has 1 heterocycles. The molecule has 1 aromatic heterocycles. The second-order valence-electron chi connectivity index (χ2n) is 2.40. The SMILES string of the molecule is Bc1ccc(N)nc1C(F)(F)F. The Kier molecular flexibility index (Phi) is 2.00. The third kappa shape index (κ3) is 1.69. The van der Waals surface area contributed by atoms with Crippen LogP contribution in [0.2, 0.25) is 0 Å². The molecule has 0 aliphatic heterocycles. The molecule has 0 radical (unpaired) electrons. The van der Waals surface area contributed by atoms with Crippen molar-refractivity contribution in [3.8, 4) is 0 Å². The van der Waals surface area contributed by atoms with Gasteiger partial charge in [-0.15, -0.1) is 0 Å². The van der Waals surface area contributed by atoms with Crippen LogP contribution in [0.25, 0.3) is 0 Å². The number of rotatable bonds is 0. The summed E-state index contributed by atoms with van der Waals surface area (Å²) >= 11 is 0. The summed E-state index contributed by atoms with van der Waals surface area (Å²) in [6, 6.07) is 2.63. The van der Waals surface area contributed by atoms with Gasteiger partial charge in [0.15, 0.2) is 0 Å². The van der Waals surface area contributed by atoms with Gasteiger partial charge in [0.1, 0.15) is 19.4 Å². The summed E-state index contributed by atoms with van der Waals surface area (Å²) < 4.78 is 36.3. The maximum Gasteiger partial charge on any atom is 0.432 e. The third-order valence-electron chi connectivity index (χ3n) is 1.39. The number of halogens is 3. The van der Waals surface area contributed by atoms with E-state index in [9.17, 15) is 13.2 Å². The summed E-state index contributed by atoms with van der Waals surface area (Å²) in [6.07, 6.45) is -4.42. The number of nitrogens with two attached hydrogens (primary N) is 1. The fraction of sp³-hybridized carbons (Fsp3) is 0.167. The van der Waals surface area contributed by atoms with Crippen LogP contribution in [0.1, 0.15) is 5.69 Å². The first-order chi connectivity index (χ1) is 5.41. The molecule has 0 spiro atoms. The minimum absolute atomic E-state index is 0.0803. The van der Waals surface area contributed by atoms with Crippen molar-refractivity contribution in [3.05, 3.63) is 17.8 Å². The van der Waals surface area contributed by atoms with Gasteiger partial charge in [0.05, 0.1) is 0 Å². The highest BCUT2D eigenvalue weighted by molar-refractivity contribution is 6.33. The van der Waals surface area contributed by atoms with E-state index in [4.69, 9.17) is 5.73 Å². The Bertz CT molecular complexity index is 297. The summed E-state index contributed by atoms with van der Waals surface area (Å²) in [4.78, 5) is 3.20. The fourth-order valence-electron chi connectivity index (χ4n) is 0.831. The van der Waals surface area contributed by atoms with Crippen LogP contribution in [0.15, 0.2) is 12.1 Å². The number of aromatic nitrogens is 1. The van der Waals surface area contributed by atoms with Crippen LogP contribution in [-0.4, -0.2) is 12.8 Å². The molecule has 0 saturated carbocycles. The van der Waals surface area contributed by atoms with Crippen molar-refractivity contribution in [2.75, 3.05) is 5.73 Å². The van der Waals surface area contributed by atoms with Crippen molar-refractivity contribution in [3.63, 3.8) is 0 Å². The summed E-state index contributed by atoms with van der Waals surface area (Å²) in [6.45, 7) is 0. The average molecular weight is 174 g/mol. The van der Waals surface area contributed by atoms with E-state index in [0.717, 1.165) is 0 Å². The molecular formula is C6H6BF3N2. The predicted octanol–water partition coefficient (Wildman–Crippen LogP) is -0.0590. The Morgan fingerprint density at radius 2 is 1.92 bits per heavy atom. The Labute approximate surface area is 68.0 Å². The first-order valence-electron chi connectivity index (χ1n) is 3.21. The highest BCUT2D eigenvalue weighted by atomic mass is 19.4. The van der Waals surface area contributed by atoms with Crippen molar-refractivity contribution in [2.45, 2.75) is 6.18 Å². The van der Waals surface area contributed by atoms with E-state index in [1.165, 1.54) is 20.0 Å². The molecule has 0 aromatic carbocycles. The van der Waals surface area contributed by atoms with Crippen molar-refractivity contribution < 1.29 is 13.2 Å². The summed E-state index contributed by atoms with van der Waals surface area (Å²) in [5.41, 5.74) is 4.28. The van der Waals surface area contributed by atoms with Gasteiger partial charge in [-0.3, -0.25) is 0 Å². The zero-order chi connectivity index (χ0) is 9.35. The molecule has 0 saturated heterocycles. The number of nitrogens with zero attached hydrogens (tertiary/aromatic N) is 1. The molecule has 0 aliphatic rings. The molecule has 1 aromatic rings. The quantitative estimate of drug-likeness (QED) is 0.559. The molecule has 2 N–H and O–H groups in total.